The maximum Gasteiger partial charge on any atom is 0.409 e. The average molecular weight is 327 g/mol. The van der Waals surface area contributed by atoms with Gasteiger partial charge < -0.3 is 14.5 Å². The smallest absolute Gasteiger partial charge is 0.409 e. The molecular weight excluding hydrogens is 308 g/mol. The molecule has 0 spiro atoms. The molecule has 0 bridgehead atoms. The zero-order valence-corrected chi connectivity index (χ0v) is 13.6. The Labute approximate surface area is 135 Å². The second-order valence-electron chi connectivity index (χ2n) is 4.87. The van der Waals surface area contributed by atoms with Crippen LogP contribution in [0.15, 0.2) is 24.3 Å². The number of rotatable bonds is 3. The number of carbonyl (C=O) groups excluding carboxylic acids is 1. The molecule has 0 saturated carbocycles. The van der Waals surface area contributed by atoms with Gasteiger partial charge in [0.1, 0.15) is 0 Å². The van der Waals surface area contributed by atoms with Gasteiger partial charge in [0, 0.05) is 37.6 Å². The highest BCUT2D eigenvalue weighted by molar-refractivity contribution is 7.80. The van der Waals surface area contributed by atoms with Gasteiger partial charge in [-0.3, -0.25) is 0 Å². The maximum absolute atomic E-state index is 11.6. The molecule has 4 nitrogen and oxygen atoms in total. The first kappa shape index (κ1) is 16.0. The quantitative estimate of drug-likeness (QED) is 0.799. The van der Waals surface area contributed by atoms with Crippen LogP contribution in [0, 0.1) is 0 Å². The predicted octanol–water partition coefficient (Wildman–Crippen LogP) is 2.98. The number of amides is 1. The molecular formula is C15H19ClN2O2S. The van der Waals surface area contributed by atoms with Crippen molar-refractivity contribution in [2.24, 2.45) is 0 Å². The fraction of sp³-hybridized carbons (Fsp3) is 0.467. The minimum Gasteiger partial charge on any atom is -0.450 e. The lowest BCUT2D eigenvalue weighted by Crippen LogP contribution is -2.50. The van der Waals surface area contributed by atoms with E-state index in [0.717, 1.165) is 35.1 Å². The number of benzene rings is 1. The summed E-state index contributed by atoms with van der Waals surface area (Å²) >= 11 is 11.4. The number of ether oxygens (including phenoxy) is 1. The third-order valence-electron chi connectivity index (χ3n) is 3.43. The summed E-state index contributed by atoms with van der Waals surface area (Å²) in [6.45, 7) is 5.04. The van der Waals surface area contributed by atoms with Crippen molar-refractivity contribution in [1.29, 1.82) is 0 Å². The fourth-order valence-corrected chi connectivity index (χ4v) is 2.72. The monoisotopic (exact) mass is 326 g/mol. The Balaban J connectivity index is 1.83. The van der Waals surface area contributed by atoms with Gasteiger partial charge in [-0.2, -0.15) is 0 Å². The predicted molar refractivity (Wildman–Crippen MR) is 87.9 cm³/mol. The number of thiocarbonyl (C=S) groups is 1. The molecule has 1 amide bonds. The lowest BCUT2D eigenvalue weighted by molar-refractivity contribution is 0.0921. The van der Waals surface area contributed by atoms with E-state index in [2.05, 4.69) is 4.90 Å². The van der Waals surface area contributed by atoms with Crippen LogP contribution in [-0.4, -0.2) is 53.7 Å². The zero-order valence-electron chi connectivity index (χ0n) is 12.0. The van der Waals surface area contributed by atoms with E-state index in [9.17, 15) is 4.79 Å². The first-order valence-electron chi connectivity index (χ1n) is 7.04. The molecule has 0 radical (unpaired) electrons. The highest BCUT2D eigenvalue weighted by Gasteiger charge is 2.23. The van der Waals surface area contributed by atoms with Crippen molar-refractivity contribution in [1.82, 2.24) is 9.80 Å². The normalized spacial score (nSPS) is 15.0. The van der Waals surface area contributed by atoms with Crippen LogP contribution >= 0.6 is 23.8 Å². The van der Waals surface area contributed by atoms with E-state index >= 15 is 0 Å². The van der Waals surface area contributed by atoms with Gasteiger partial charge in [0.2, 0.25) is 0 Å². The van der Waals surface area contributed by atoms with E-state index in [1.165, 1.54) is 0 Å². The second-order valence-corrected chi connectivity index (χ2v) is 5.78. The summed E-state index contributed by atoms with van der Waals surface area (Å²) in [4.78, 5) is 16.4. The highest BCUT2D eigenvalue weighted by Crippen LogP contribution is 2.13. The standard InChI is InChI=1S/C15H19ClN2O2S/c1-2-20-15(19)18-9-7-17(8-10-18)14(21)11-12-3-5-13(16)6-4-12/h3-6H,2,7-11H2,1H3. The Kier molecular flexibility index (Phi) is 5.82. The topological polar surface area (TPSA) is 32.8 Å². The molecule has 0 unspecified atom stereocenters. The third-order valence-corrected chi connectivity index (χ3v) is 4.08. The number of hydrogen-bond donors (Lipinski definition) is 0. The molecule has 1 aromatic carbocycles. The first-order chi connectivity index (χ1) is 10.1. The summed E-state index contributed by atoms with van der Waals surface area (Å²) < 4.78 is 5.01. The summed E-state index contributed by atoms with van der Waals surface area (Å²) in [6, 6.07) is 7.73. The molecule has 1 aliphatic rings. The molecule has 1 fully saturated rings. The summed E-state index contributed by atoms with van der Waals surface area (Å²) in [5.74, 6) is 0. The van der Waals surface area contributed by atoms with E-state index in [4.69, 9.17) is 28.6 Å². The van der Waals surface area contributed by atoms with Crippen LogP contribution in [0.2, 0.25) is 5.02 Å². The molecule has 1 aliphatic heterocycles. The van der Waals surface area contributed by atoms with Crippen molar-refractivity contribution in [2.75, 3.05) is 32.8 Å². The Morgan fingerprint density at radius 1 is 1.19 bits per heavy atom. The molecule has 1 heterocycles. The lowest BCUT2D eigenvalue weighted by atomic mass is 10.1. The molecule has 0 aromatic heterocycles. The van der Waals surface area contributed by atoms with Crippen molar-refractivity contribution in [3.8, 4) is 0 Å². The minimum atomic E-state index is -0.235. The molecule has 114 valence electrons. The van der Waals surface area contributed by atoms with Crippen LogP contribution in [0.1, 0.15) is 12.5 Å². The SMILES string of the molecule is CCOC(=O)N1CCN(C(=S)Cc2ccc(Cl)cc2)CC1. The summed E-state index contributed by atoms with van der Waals surface area (Å²) in [5.41, 5.74) is 1.15. The van der Waals surface area contributed by atoms with Gasteiger partial charge in [-0.25, -0.2) is 4.79 Å². The second kappa shape index (κ2) is 7.61. The van der Waals surface area contributed by atoms with Crippen LogP contribution < -0.4 is 0 Å². The van der Waals surface area contributed by atoms with Crippen molar-refractivity contribution in [3.05, 3.63) is 34.9 Å². The van der Waals surface area contributed by atoms with E-state index in [1.54, 1.807) is 4.90 Å². The summed E-state index contributed by atoms with van der Waals surface area (Å²) in [6.07, 6.45) is 0.493. The average Bonchev–Trinajstić information content (AvgIpc) is 2.50. The fourth-order valence-electron chi connectivity index (χ4n) is 2.24. The molecule has 6 heteroatoms. The van der Waals surface area contributed by atoms with Crippen LogP contribution in [-0.2, 0) is 11.2 Å². The molecule has 2 rings (SSSR count). The van der Waals surface area contributed by atoms with E-state index in [1.807, 2.05) is 31.2 Å². The Bertz CT molecular complexity index is 499. The third kappa shape index (κ3) is 4.58. The maximum atomic E-state index is 11.6. The molecule has 21 heavy (non-hydrogen) atoms. The van der Waals surface area contributed by atoms with Crippen molar-refractivity contribution < 1.29 is 9.53 Å². The Morgan fingerprint density at radius 2 is 1.76 bits per heavy atom. The minimum absolute atomic E-state index is 0.235. The molecule has 0 aliphatic carbocycles. The lowest BCUT2D eigenvalue weighted by Gasteiger charge is -2.35. The molecule has 0 atom stereocenters. The van der Waals surface area contributed by atoms with Crippen LogP contribution in [0.3, 0.4) is 0 Å². The van der Waals surface area contributed by atoms with E-state index in [-0.39, 0.29) is 6.09 Å². The van der Waals surface area contributed by atoms with Gasteiger partial charge in [0.15, 0.2) is 0 Å². The molecule has 0 N–H and O–H groups in total. The summed E-state index contributed by atoms with van der Waals surface area (Å²) in [7, 11) is 0. The Morgan fingerprint density at radius 3 is 2.33 bits per heavy atom. The van der Waals surface area contributed by atoms with Gasteiger partial charge >= 0.3 is 6.09 Å². The van der Waals surface area contributed by atoms with Gasteiger partial charge in [0.25, 0.3) is 0 Å². The number of piperazine rings is 1. The van der Waals surface area contributed by atoms with Crippen LogP contribution in [0.4, 0.5) is 4.79 Å². The largest absolute Gasteiger partial charge is 0.450 e. The Hall–Kier alpha value is -1.33. The van der Waals surface area contributed by atoms with Gasteiger partial charge in [-0.05, 0) is 24.6 Å². The highest BCUT2D eigenvalue weighted by atomic mass is 35.5. The van der Waals surface area contributed by atoms with Crippen LogP contribution in [0.5, 0.6) is 0 Å². The van der Waals surface area contributed by atoms with Crippen LogP contribution in [0.25, 0.3) is 0 Å². The van der Waals surface area contributed by atoms with Gasteiger partial charge in [0.05, 0.1) is 11.6 Å². The first-order valence-corrected chi connectivity index (χ1v) is 7.82. The van der Waals surface area contributed by atoms with Gasteiger partial charge in [-0.1, -0.05) is 36.0 Å². The van der Waals surface area contributed by atoms with E-state index < -0.39 is 0 Å². The van der Waals surface area contributed by atoms with Crippen molar-refractivity contribution in [2.45, 2.75) is 13.3 Å². The van der Waals surface area contributed by atoms with E-state index in [0.29, 0.717) is 19.7 Å². The number of halogens is 1. The van der Waals surface area contributed by atoms with Gasteiger partial charge in [-0.15, -0.1) is 0 Å². The number of hydrogen-bond acceptors (Lipinski definition) is 3. The van der Waals surface area contributed by atoms with Crippen molar-refractivity contribution in [3.63, 3.8) is 0 Å². The number of nitrogens with zero attached hydrogens (tertiary/aromatic N) is 2. The summed E-state index contributed by atoms with van der Waals surface area (Å²) in [5, 5.41) is 0.729. The molecule has 1 aromatic rings. The van der Waals surface area contributed by atoms with Crippen molar-refractivity contribution >= 4 is 34.9 Å². The number of carbonyl (C=O) groups is 1. The zero-order chi connectivity index (χ0) is 15.2. The molecule has 1 saturated heterocycles.